The fourth-order valence-corrected chi connectivity index (χ4v) is 3.52. The second-order valence-electron chi connectivity index (χ2n) is 5.42. The molecule has 0 spiro atoms. The summed E-state index contributed by atoms with van der Waals surface area (Å²) in [5.41, 5.74) is -1.68. The van der Waals surface area contributed by atoms with Gasteiger partial charge in [-0.25, -0.2) is 0 Å². The predicted octanol–water partition coefficient (Wildman–Crippen LogP) is 3.57. The van der Waals surface area contributed by atoms with Crippen LogP contribution in [0, 0.1) is 10.1 Å². The molecule has 2 N–H and O–H groups in total. The molecular formula is C17H13ClN2O5S. The quantitative estimate of drug-likeness (QED) is 0.492. The van der Waals surface area contributed by atoms with Gasteiger partial charge in [-0.15, -0.1) is 11.3 Å². The smallest absolute Gasteiger partial charge is 0.270 e. The Labute approximate surface area is 157 Å². The third kappa shape index (κ3) is 3.48. The van der Waals surface area contributed by atoms with E-state index in [1.807, 2.05) is 0 Å². The number of amides is 1. The number of carbonyl (C=O) groups excluding carboxylic acids is 1. The van der Waals surface area contributed by atoms with Crippen molar-refractivity contribution in [3.05, 3.63) is 85.4 Å². The fourth-order valence-electron chi connectivity index (χ4n) is 2.43. The monoisotopic (exact) mass is 392 g/mol. The average Bonchev–Trinajstić information content (AvgIpc) is 3.32. The molecule has 0 bridgehead atoms. The first-order chi connectivity index (χ1) is 12.4. The van der Waals surface area contributed by atoms with Crippen molar-refractivity contribution in [1.82, 2.24) is 5.32 Å². The molecule has 0 fully saturated rings. The Bertz CT molecular complexity index is 891. The number of furan rings is 1. The van der Waals surface area contributed by atoms with Gasteiger partial charge in [0, 0.05) is 17.0 Å². The number of non-ortho nitro benzene ring substituents is 1. The Morgan fingerprint density at radius 1 is 1.35 bits per heavy atom. The molecule has 0 aliphatic heterocycles. The SMILES string of the molecule is O=C(NCC(O)(c1ccco1)c1cccs1)c1ccc([N+](=O)[O-])cc1Cl. The van der Waals surface area contributed by atoms with Gasteiger partial charge < -0.3 is 14.8 Å². The van der Waals surface area contributed by atoms with Crippen molar-refractivity contribution in [3.8, 4) is 0 Å². The molecule has 9 heteroatoms. The third-order valence-corrected chi connectivity index (χ3v) is 5.10. The number of hydrogen-bond donors (Lipinski definition) is 2. The van der Waals surface area contributed by atoms with Crippen molar-refractivity contribution >= 4 is 34.5 Å². The Balaban J connectivity index is 1.82. The lowest BCUT2D eigenvalue weighted by molar-refractivity contribution is -0.384. The Hall–Kier alpha value is -2.68. The van der Waals surface area contributed by atoms with E-state index in [-0.39, 0.29) is 28.6 Å². The molecule has 0 radical (unpaired) electrons. The summed E-state index contributed by atoms with van der Waals surface area (Å²) in [7, 11) is 0. The number of nitro benzene ring substituents is 1. The van der Waals surface area contributed by atoms with Crippen LogP contribution in [0.15, 0.2) is 58.5 Å². The number of carbonyl (C=O) groups is 1. The molecule has 2 heterocycles. The fraction of sp³-hybridized carbons (Fsp3) is 0.118. The van der Waals surface area contributed by atoms with Crippen molar-refractivity contribution in [2.75, 3.05) is 6.54 Å². The number of nitrogens with one attached hydrogen (secondary N) is 1. The molecule has 2 aromatic heterocycles. The molecule has 134 valence electrons. The molecule has 1 atom stereocenters. The maximum atomic E-state index is 12.4. The van der Waals surface area contributed by atoms with Crippen LogP contribution in [0.4, 0.5) is 5.69 Å². The third-order valence-electron chi connectivity index (χ3n) is 3.77. The molecule has 0 saturated heterocycles. The summed E-state index contributed by atoms with van der Waals surface area (Å²) in [6, 6.07) is 10.3. The van der Waals surface area contributed by atoms with E-state index >= 15 is 0 Å². The van der Waals surface area contributed by atoms with Crippen LogP contribution in [0.25, 0.3) is 0 Å². The van der Waals surface area contributed by atoms with E-state index in [0.29, 0.717) is 4.88 Å². The van der Waals surface area contributed by atoms with Crippen LogP contribution in [0.5, 0.6) is 0 Å². The predicted molar refractivity (Wildman–Crippen MR) is 96.5 cm³/mol. The minimum absolute atomic E-state index is 0.0469. The van der Waals surface area contributed by atoms with Gasteiger partial charge in [0.05, 0.1) is 28.3 Å². The first-order valence-corrected chi connectivity index (χ1v) is 8.70. The molecule has 7 nitrogen and oxygen atoms in total. The van der Waals surface area contributed by atoms with Crippen molar-refractivity contribution in [2.45, 2.75) is 5.60 Å². The number of thiophene rings is 1. The van der Waals surface area contributed by atoms with Gasteiger partial charge in [0.1, 0.15) is 5.76 Å². The zero-order chi connectivity index (χ0) is 18.7. The normalized spacial score (nSPS) is 13.2. The number of benzene rings is 1. The molecule has 26 heavy (non-hydrogen) atoms. The van der Waals surface area contributed by atoms with E-state index in [9.17, 15) is 20.0 Å². The van der Waals surface area contributed by atoms with Crippen LogP contribution >= 0.6 is 22.9 Å². The standard InChI is InChI=1S/C17H13ClN2O5S/c18-13-9-11(20(23)24)5-6-12(13)16(21)19-10-17(22,14-3-1-7-25-14)15-4-2-8-26-15/h1-9,22H,10H2,(H,19,21). The lowest BCUT2D eigenvalue weighted by atomic mass is 9.98. The van der Waals surface area contributed by atoms with Crippen LogP contribution in [-0.4, -0.2) is 22.5 Å². The Morgan fingerprint density at radius 2 is 2.15 bits per heavy atom. The zero-order valence-corrected chi connectivity index (χ0v) is 14.8. The highest BCUT2D eigenvalue weighted by molar-refractivity contribution is 7.10. The minimum Gasteiger partial charge on any atom is -0.466 e. The summed E-state index contributed by atoms with van der Waals surface area (Å²) >= 11 is 7.29. The Kier molecular flexibility index (Phi) is 5.08. The number of nitrogens with zero attached hydrogens (tertiary/aromatic N) is 1. The van der Waals surface area contributed by atoms with Crippen LogP contribution in [0.2, 0.25) is 5.02 Å². The molecule has 1 unspecified atom stereocenters. The number of nitro groups is 1. The molecule has 3 rings (SSSR count). The van der Waals surface area contributed by atoms with Crippen molar-refractivity contribution in [3.63, 3.8) is 0 Å². The topological polar surface area (TPSA) is 106 Å². The summed E-state index contributed by atoms with van der Waals surface area (Å²) < 4.78 is 5.33. The van der Waals surface area contributed by atoms with Gasteiger partial charge in [0.15, 0.2) is 5.60 Å². The first-order valence-electron chi connectivity index (χ1n) is 7.44. The number of hydrogen-bond acceptors (Lipinski definition) is 6. The summed E-state index contributed by atoms with van der Waals surface area (Å²) in [5, 5.41) is 26.2. The molecule has 1 amide bonds. The lowest BCUT2D eigenvalue weighted by Crippen LogP contribution is -2.41. The largest absolute Gasteiger partial charge is 0.466 e. The molecular weight excluding hydrogens is 380 g/mol. The highest BCUT2D eigenvalue weighted by Crippen LogP contribution is 2.33. The van der Waals surface area contributed by atoms with Crippen LogP contribution in [-0.2, 0) is 5.60 Å². The van der Waals surface area contributed by atoms with Gasteiger partial charge in [-0.05, 0) is 29.6 Å². The van der Waals surface area contributed by atoms with Gasteiger partial charge in [-0.3, -0.25) is 14.9 Å². The van der Waals surface area contributed by atoms with Crippen LogP contribution in [0.1, 0.15) is 21.0 Å². The maximum Gasteiger partial charge on any atom is 0.270 e. The summed E-state index contributed by atoms with van der Waals surface area (Å²) in [4.78, 5) is 23.2. The van der Waals surface area contributed by atoms with Gasteiger partial charge in [-0.1, -0.05) is 17.7 Å². The second kappa shape index (κ2) is 7.28. The highest BCUT2D eigenvalue weighted by Gasteiger charge is 2.36. The van der Waals surface area contributed by atoms with Gasteiger partial charge in [0.2, 0.25) is 0 Å². The highest BCUT2D eigenvalue weighted by atomic mass is 35.5. The van der Waals surface area contributed by atoms with E-state index < -0.39 is 16.4 Å². The first kappa shape index (κ1) is 18.1. The minimum atomic E-state index is -1.54. The summed E-state index contributed by atoms with van der Waals surface area (Å²) in [6.07, 6.45) is 1.43. The average molecular weight is 393 g/mol. The van der Waals surface area contributed by atoms with Crippen molar-refractivity contribution in [2.24, 2.45) is 0 Å². The van der Waals surface area contributed by atoms with E-state index in [1.54, 1.807) is 29.6 Å². The molecule has 0 saturated carbocycles. The Morgan fingerprint density at radius 3 is 2.73 bits per heavy atom. The zero-order valence-electron chi connectivity index (χ0n) is 13.2. The maximum absolute atomic E-state index is 12.4. The van der Waals surface area contributed by atoms with Crippen LogP contribution < -0.4 is 5.32 Å². The van der Waals surface area contributed by atoms with Crippen LogP contribution in [0.3, 0.4) is 0 Å². The number of rotatable bonds is 6. The van der Waals surface area contributed by atoms with E-state index in [1.165, 1.54) is 29.7 Å². The summed E-state index contributed by atoms with van der Waals surface area (Å²) in [6.45, 7) is -0.160. The molecule has 0 aliphatic carbocycles. The molecule has 0 aliphatic rings. The van der Waals surface area contributed by atoms with Crippen molar-refractivity contribution in [1.29, 1.82) is 0 Å². The lowest BCUT2D eigenvalue weighted by Gasteiger charge is -2.25. The van der Waals surface area contributed by atoms with E-state index in [0.717, 1.165) is 6.07 Å². The number of aliphatic hydroxyl groups is 1. The van der Waals surface area contributed by atoms with E-state index in [4.69, 9.17) is 16.0 Å². The molecule has 3 aromatic rings. The second-order valence-corrected chi connectivity index (χ2v) is 6.77. The molecule has 1 aromatic carbocycles. The van der Waals surface area contributed by atoms with Gasteiger partial charge >= 0.3 is 0 Å². The van der Waals surface area contributed by atoms with E-state index in [2.05, 4.69) is 5.32 Å². The summed E-state index contributed by atoms with van der Waals surface area (Å²) in [5.74, 6) is -0.276. The van der Waals surface area contributed by atoms with Gasteiger partial charge in [0.25, 0.3) is 11.6 Å². The number of halogens is 1. The van der Waals surface area contributed by atoms with Gasteiger partial charge in [-0.2, -0.15) is 0 Å². The van der Waals surface area contributed by atoms with Crippen molar-refractivity contribution < 1.29 is 19.2 Å².